The summed E-state index contributed by atoms with van der Waals surface area (Å²) in [6, 6.07) is 0.0657. The van der Waals surface area contributed by atoms with Crippen molar-refractivity contribution in [1.82, 2.24) is 14.8 Å². The van der Waals surface area contributed by atoms with Gasteiger partial charge in [-0.15, -0.1) is 0 Å². The molecule has 1 N–H and O–H groups in total. The van der Waals surface area contributed by atoms with E-state index < -0.39 is 10.0 Å². The van der Waals surface area contributed by atoms with Crippen molar-refractivity contribution in [2.45, 2.75) is 39.3 Å². The number of aryl methyl sites for hydroxylation is 2. The Morgan fingerprint density at radius 2 is 2.00 bits per heavy atom. The minimum atomic E-state index is -3.10. The predicted molar refractivity (Wildman–Crippen MR) is 72.3 cm³/mol. The van der Waals surface area contributed by atoms with Gasteiger partial charge in [0.15, 0.2) is 0 Å². The van der Waals surface area contributed by atoms with Crippen LogP contribution in [0.5, 0.6) is 0 Å². The minimum Gasteiger partial charge on any atom is -0.361 e. The van der Waals surface area contributed by atoms with Crippen LogP contribution in [0.2, 0.25) is 0 Å². The van der Waals surface area contributed by atoms with Gasteiger partial charge in [-0.3, -0.25) is 4.90 Å². The first-order valence-electron chi connectivity index (χ1n) is 6.46. The number of piperidine rings is 1. The van der Waals surface area contributed by atoms with Crippen LogP contribution in [0.3, 0.4) is 0 Å². The predicted octanol–water partition coefficient (Wildman–Crippen LogP) is 0.805. The average molecular weight is 287 g/mol. The largest absolute Gasteiger partial charge is 0.361 e. The maximum atomic E-state index is 11.2. The Morgan fingerprint density at radius 3 is 2.47 bits per heavy atom. The Bertz CT molecular complexity index is 511. The highest BCUT2D eigenvalue weighted by atomic mass is 32.2. The molecule has 1 saturated heterocycles. The first-order valence-corrected chi connectivity index (χ1v) is 8.35. The van der Waals surface area contributed by atoms with Crippen molar-refractivity contribution in [2.24, 2.45) is 0 Å². The van der Waals surface area contributed by atoms with E-state index in [4.69, 9.17) is 4.52 Å². The fraction of sp³-hybridized carbons (Fsp3) is 0.750. The normalized spacial score (nSPS) is 18.9. The molecule has 1 aliphatic rings. The van der Waals surface area contributed by atoms with E-state index in [2.05, 4.69) is 14.8 Å². The van der Waals surface area contributed by atoms with Gasteiger partial charge in [-0.25, -0.2) is 13.1 Å². The highest BCUT2D eigenvalue weighted by molar-refractivity contribution is 7.88. The number of hydrogen-bond donors (Lipinski definition) is 1. The lowest BCUT2D eigenvalue weighted by atomic mass is 10.1. The second-order valence-electron chi connectivity index (χ2n) is 5.24. The highest BCUT2D eigenvalue weighted by Crippen LogP contribution is 2.18. The standard InChI is InChI=1S/C12H21N3O3S/c1-9-12(10(2)18-13-9)8-15-6-4-11(5-7-15)14-19(3,16)17/h11,14H,4-8H2,1-3H3. The zero-order valence-electron chi connectivity index (χ0n) is 11.6. The van der Waals surface area contributed by atoms with Crippen molar-refractivity contribution in [3.8, 4) is 0 Å². The summed E-state index contributed by atoms with van der Waals surface area (Å²) in [6.45, 7) is 6.47. The molecule has 0 aromatic carbocycles. The lowest BCUT2D eigenvalue weighted by molar-refractivity contribution is 0.199. The molecular weight excluding hydrogens is 266 g/mol. The molecule has 0 bridgehead atoms. The molecule has 7 heteroatoms. The SMILES string of the molecule is Cc1noc(C)c1CN1CCC(NS(C)(=O)=O)CC1. The number of sulfonamides is 1. The van der Waals surface area contributed by atoms with Crippen LogP contribution in [0.4, 0.5) is 0 Å². The third-order valence-electron chi connectivity index (χ3n) is 3.53. The van der Waals surface area contributed by atoms with E-state index in [1.807, 2.05) is 13.8 Å². The zero-order valence-corrected chi connectivity index (χ0v) is 12.5. The lowest BCUT2D eigenvalue weighted by Gasteiger charge is -2.31. The molecular formula is C12H21N3O3S. The molecule has 0 atom stereocenters. The van der Waals surface area contributed by atoms with Gasteiger partial charge in [0.05, 0.1) is 11.9 Å². The van der Waals surface area contributed by atoms with E-state index in [9.17, 15) is 8.42 Å². The molecule has 0 radical (unpaired) electrons. The molecule has 108 valence electrons. The summed E-state index contributed by atoms with van der Waals surface area (Å²) >= 11 is 0. The monoisotopic (exact) mass is 287 g/mol. The van der Waals surface area contributed by atoms with E-state index in [0.717, 1.165) is 49.5 Å². The Morgan fingerprint density at radius 1 is 1.37 bits per heavy atom. The molecule has 2 heterocycles. The zero-order chi connectivity index (χ0) is 14.0. The van der Waals surface area contributed by atoms with Gasteiger partial charge in [0.2, 0.25) is 10.0 Å². The lowest BCUT2D eigenvalue weighted by Crippen LogP contribution is -2.44. The van der Waals surface area contributed by atoms with E-state index in [0.29, 0.717) is 0 Å². The summed E-state index contributed by atoms with van der Waals surface area (Å²) in [5.41, 5.74) is 2.09. The minimum absolute atomic E-state index is 0.0657. The Kier molecular flexibility index (Phi) is 4.27. The van der Waals surface area contributed by atoms with Crippen molar-refractivity contribution < 1.29 is 12.9 Å². The maximum Gasteiger partial charge on any atom is 0.208 e. The van der Waals surface area contributed by atoms with Crippen LogP contribution in [-0.4, -0.2) is 43.9 Å². The van der Waals surface area contributed by atoms with E-state index in [1.165, 1.54) is 6.26 Å². The summed E-state index contributed by atoms with van der Waals surface area (Å²) in [4.78, 5) is 2.31. The molecule has 0 spiro atoms. The van der Waals surface area contributed by atoms with Gasteiger partial charge >= 0.3 is 0 Å². The summed E-state index contributed by atoms with van der Waals surface area (Å²) in [5.74, 6) is 0.869. The summed E-state index contributed by atoms with van der Waals surface area (Å²) in [5, 5.41) is 3.95. The molecule has 0 amide bonds. The number of hydrogen-bond acceptors (Lipinski definition) is 5. The van der Waals surface area contributed by atoms with Crippen molar-refractivity contribution in [2.75, 3.05) is 19.3 Å². The third kappa shape index (κ3) is 4.02. The third-order valence-corrected chi connectivity index (χ3v) is 4.29. The first kappa shape index (κ1) is 14.5. The van der Waals surface area contributed by atoms with Crippen LogP contribution in [-0.2, 0) is 16.6 Å². The van der Waals surface area contributed by atoms with Crippen LogP contribution in [0.1, 0.15) is 29.9 Å². The van der Waals surface area contributed by atoms with Gasteiger partial charge in [-0.2, -0.15) is 0 Å². The van der Waals surface area contributed by atoms with Crippen molar-refractivity contribution >= 4 is 10.0 Å². The number of nitrogens with one attached hydrogen (secondary N) is 1. The summed E-state index contributed by atoms with van der Waals surface area (Å²) < 4.78 is 30.2. The molecule has 19 heavy (non-hydrogen) atoms. The smallest absolute Gasteiger partial charge is 0.208 e. The summed E-state index contributed by atoms with van der Waals surface area (Å²) in [7, 11) is -3.10. The number of likely N-dealkylation sites (tertiary alicyclic amines) is 1. The van der Waals surface area contributed by atoms with E-state index >= 15 is 0 Å². The van der Waals surface area contributed by atoms with E-state index in [-0.39, 0.29) is 6.04 Å². The van der Waals surface area contributed by atoms with Gasteiger partial charge in [0, 0.05) is 31.2 Å². The van der Waals surface area contributed by atoms with Crippen LogP contribution >= 0.6 is 0 Å². The fourth-order valence-corrected chi connectivity index (χ4v) is 3.30. The average Bonchev–Trinajstić information content (AvgIpc) is 2.61. The van der Waals surface area contributed by atoms with Gasteiger partial charge < -0.3 is 4.52 Å². The fourth-order valence-electron chi connectivity index (χ4n) is 2.46. The second kappa shape index (κ2) is 5.60. The van der Waals surface area contributed by atoms with Crippen LogP contribution in [0, 0.1) is 13.8 Å². The molecule has 1 fully saturated rings. The number of aromatic nitrogens is 1. The van der Waals surface area contributed by atoms with Gasteiger partial charge in [0.25, 0.3) is 0 Å². The molecule has 2 rings (SSSR count). The summed E-state index contributed by atoms with van der Waals surface area (Å²) in [6.07, 6.45) is 2.90. The van der Waals surface area contributed by atoms with Gasteiger partial charge in [-0.05, 0) is 26.7 Å². The first-order chi connectivity index (χ1) is 8.85. The van der Waals surface area contributed by atoms with E-state index in [1.54, 1.807) is 0 Å². The molecule has 6 nitrogen and oxygen atoms in total. The van der Waals surface area contributed by atoms with Crippen LogP contribution in [0.15, 0.2) is 4.52 Å². The van der Waals surface area contributed by atoms with Crippen molar-refractivity contribution in [1.29, 1.82) is 0 Å². The van der Waals surface area contributed by atoms with Gasteiger partial charge in [0.1, 0.15) is 5.76 Å². The molecule has 0 saturated carbocycles. The molecule has 0 unspecified atom stereocenters. The van der Waals surface area contributed by atoms with Crippen LogP contribution < -0.4 is 4.72 Å². The topological polar surface area (TPSA) is 75.4 Å². The van der Waals surface area contributed by atoms with Gasteiger partial charge in [-0.1, -0.05) is 5.16 Å². The molecule has 0 aliphatic carbocycles. The number of rotatable bonds is 4. The maximum absolute atomic E-state index is 11.2. The van der Waals surface area contributed by atoms with Crippen LogP contribution in [0.25, 0.3) is 0 Å². The molecule has 1 aliphatic heterocycles. The molecule has 1 aromatic rings. The Hall–Kier alpha value is -0.920. The Balaban J connectivity index is 1.87. The quantitative estimate of drug-likeness (QED) is 0.886. The number of nitrogens with zero attached hydrogens (tertiary/aromatic N) is 2. The van der Waals surface area contributed by atoms with Crippen molar-refractivity contribution in [3.63, 3.8) is 0 Å². The molecule has 1 aromatic heterocycles. The highest BCUT2D eigenvalue weighted by Gasteiger charge is 2.23. The second-order valence-corrected chi connectivity index (χ2v) is 7.02. The van der Waals surface area contributed by atoms with Crippen molar-refractivity contribution in [3.05, 3.63) is 17.0 Å². The Labute approximate surface area is 114 Å².